The van der Waals surface area contributed by atoms with Crippen molar-refractivity contribution in [2.45, 2.75) is 45.8 Å². The Morgan fingerprint density at radius 2 is 1.86 bits per heavy atom. The van der Waals surface area contributed by atoms with Gasteiger partial charge in [0.05, 0.1) is 23.5 Å². The molecule has 3 rings (SSSR count). The monoisotopic (exact) mass is 380 g/mol. The first-order valence-electron chi connectivity index (χ1n) is 9.60. The Labute approximate surface area is 164 Å². The predicted octanol–water partition coefficient (Wildman–Crippen LogP) is 2.97. The van der Waals surface area contributed by atoms with E-state index < -0.39 is 12.0 Å². The Hall–Kier alpha value is -2.94. The molecule has 0 bridgehead atoms. The molecular formula is C22H24N2O4. The summed E-state index contributed by atoms with van der Waals surface area (Å²) < 4.78 is 5.44. The molecule has 1 saturated heterocycles. The van der Waals surface area contributed by atoms with Crippen LogP contribution in [0.1, 0.15) is 44.2 Å². The number of esters is 1. The number of nitriles is 1. The van der Waals surface area contributed by atoms with Gasteiger partial charge in [0.2, 0.25) is 11.8 Å². The fraction of sp³-hybridized carbons (Fsp3) is 0.455. The number of carbonyl (C=O) groups excluding carboxylic acids is 3. The molecule has 1 aliphatic heterocycles. The van der Waals surface area contributed by atoms with Crippen LogP contribution in [0.5, 0.6) is 0 Å². The van der Waals surface area contributed by atoms with Crippen molar-refractivity contribution in [1.82, 2.24) is 4.90 Å². The molecule has 1 aliphatic carbocycles. The normalized spacial score (nSPS) is 22.1. The smallest absolute Gasteiger partial charge is 0.329 e. The zero-order valence-corrected chi connectivity index (χ0v) is 16.1. The first-order chi connectivity index (χ1) is 13.4. The quantitative estimate of drug-likeness (QED) is 0.430. The molecule has 3 atom stereocenters. The molecule has 1 heterocycles. The number of imide groups is 1. The highest BCUT2D eigenvalue weighted by atomic mass is 16.5. The summed E-state index contributed by atoms with van der Waals surface area (Å²) >= 11 is 0. The fourth-order valence-electron chi connectivity index (χ4n) is 3.87. The first kappa shape index (κ1) is 19.8. The van der Waals surface area contributed by atoms with E-state index in [-0.39, 0.29) is 36.2 Å². The molecule has 1 fully saturated rings. The van der Waals surface area contributed by atoms with Gasteiger partial charge in [-0.1, -0.05) is 38.1 Å². The van der Waals surface area contributed by atoms with Crippen molar-refractivity contribution in [2.24, 2.45) is 17.8 Å². The van der Waals surface area contributed by atoms with Gasteiger partial charge in [-0.3, -0.25) is 14.5 Å². The minimum atomic E-state index is -0.912. The molecule has 0 spiro atoms. The number of fused-ring (bicyclic) bond motifs is 1. The lowest BCUT2D eigenvalue weighted by Crippen LogP contribution is -2.47. The maximum Gasteiger partial charge on any atom is 0.329 e. The number of benzene rings is 1. The average molecular weight is 380 g/mol. The van der Waals surface area contributed by atoms with Gasteiger partial charge in [-0.2, -0.15) is 5.26 Å². The van der Waals surface area contributed by atoms with E-state index in [1.165, 1.54) is 0 Å². The Morgan fingerprint density at radius 1 is 1.21 bits per heavy atom. The average Bonchev–Trinajstić information content (AvgIpc) is 2.95. The van der Waals surface area contributed by atoms with Gasteiger partial charge in [-0.15, -0.1) is 0 Å². The molecule has 28 heavy (non-hydrogen) atoms. The molecule has 0 radical (unpaired) electrons. The van der Waals surface area contributed by atoms with E-state index in [0.29, 0.717) is 30.4 Å². The lowest BCUT2D eigenvalue weighted by Gasteiger charge is -2.26. The number of carbonyl (C=O) groups is 3. The Morgan fingerprint density at radius 3 is 2.43 bits per heavy atom. The van der Waals surface area contributed by atoms with Gasteiger partial charge < -0.3 is 4.74 Å². The SMILES string of the molecule is CC(C)C[C@H](C(=O)OCc1cccc(C#N)c1)N1C(=O)[C@H]2CC=CC[C@@H]2C1=O. The van der Waals surface area contributed by atoms with Crippen molar-refractivity contribution >= 4 is 17.8 Å². The van der Waals surface area contributed by atoms with E-state index in [1.807, 2.05) is 32.1 Å². The summed E-state index contributed by atoms with van der Waals surface area (Å²) in [5, 5.41) is 8.99. The minimum absolute atomic E-state index is 0.00637. The van der Waals surface area contributed by atoms with Gasteiger partial charge in [0, 0.05) is 0 Å². The molecule has 0 saturated carbocycles. The summed E-state index contributed by atoms with van der Waals surface area (Å²) in [6.45, 7) is 3.88. The van der Waals surface area contributed by atoms with Gasteiger partial charge in [0.15, 0.2) is 0 Å². The molecule has 0 unspecified atom stereocenters. The zero-order chi connectivity index (χ0) is 20.3. The number of likely N-dealkylation sites (tertiary alicyclic amines) is 1. The number of ether oxygens (including phenoxy) is 1. The number of hydrogen-bond acceptors (Lipinski definition) is 5. The molecule has 0 aromatic heterocycles. The molecule has 0 N–H and O–H groups in total. The standard InChI is InChI=1S/C22H24N2O4/c1-14(2)10-19(22(27)28-13-16-7-5-6-15(11-16)12-23)24-20(25)17-8-3-4-9-18(17)21(24)26/h3-7,11,14,17-19H,8-10,13H2,1-2H3/t17-,18-,19+/m0/s1. The predicted molar refractivity (Wildman–Crippen MR) is 101 cm³/mol. The van der Waals surface area contributed by atoms with Crippen LogP contribution in [-0.2, 0) is 25.7 Å². The Balaban J connectivity index is 1.76. The topological polar surface area (TPSA) is 87.5 Å². The van der Waals surface area contributed by atoms with Crippen LogP contribution in [0.25, 0.3) is 0 Å². The number of rotatable bonds is 6. The van der Waals surface area contributed by atoms with E-state index in [0.717, 1.165) is 4.90 Å². The van der Waals surface area contributed by atoms with E-state index >= 15 is 0 Å². The van der Waals surface area contributed by atoms with Crippen LogP contribution < -0.4 is 0 Å². The highest BCUT2D eigenvalue weighted by Gasteiger charge is 2.51. The van der Waals surface area contributed by atoms with Crippen molar-refractivity contribution in [2.75, 3.05) is 0 Å². The van der Waals surface area contributed by atoms with Crippen molar-refractivity contribution in [3.63, 3.8) is 0 Å². The third kappa shape index (κ3) is 3.99. The van der Waals surface area contributed by atoms with E-state index in [2.05, 4.69) is 0 Å². The van der Waals surface area contributed by atoms with Crippen LogP contribution in [-0.4, -0.2) is 28.7 Å². The molecule has 6 nitrogen and oxygen atoms in total. The minimum Gasteiger partial charge on any atom is -0.459 e. The van der Waals surface area contributed by atoms with E-state index in [1.54, 1.807) is 24.3 Å². The molecule has 2 amide bonds. The van der Waals surface area contributed by atoms with Gasteiger partial charge in [0.25, 0.3) is 0 Å². The summed E-state index contributed by atoms with van der Waals surface area (Å²) in [7, 11) is 0. The molecule has 1 aromatic rings. The molecule has 6 heteroatoms. The van der Waals surface area contributed by atoms with Crippen molar-refractivity contribution < 1.29 is 19.1 Å². The summed E-state index contributed by atoms with van der Waals surface area (Å²) in [5.41, 5.74) is 1.17. The highest BCUT2D eigenvalue weighted by Crippen LogP contribution is 2.37. The second-order valence-electron chi connectivity index (χ2n) is 7.77. The van der Waals surface area contributed by atoms with Gasteiger partial charge in [0.1, 0.15) is 12.6 Å². The molecule has 1 aromatic carbocycles. The summed E-state index contributed by atoms with van der Waals surface area (Å²) in [4.78, 5) is 39.7. The van der Waals surface area contributed by atoms with Crippen LogP contribution in [0.4, 0.5) is 0 Å². The number of hydrogen-bond donors (Lipinski definition) is 0. The summed E-state index contributed by atoms with van der Waals surface area (Å²) in [5.74, 6) is -1.74. The van der Waals surface area contributed by atoms with Crippen LogP contribution in [0.2, 0.25) is 0 Å². The second kappa shape index (κ2) is 8.39. The first-order valence-corrected chi connectivity index (χ1v) is 9.60. The molecular weight excluding hydrogens is 356 g/mol. The van der Waals surface area contributed by atoms with Gasteiger partial charge in [-0.05, 0) is 42.9 Å². The summed E-state index contributed by atoms with van der Waals surface area (Å²) in [6.07, 6.45) is 5.29. The third-order valence-corrected chi connectivity index (χ3v) is 5.26. The van der Waals surface area contributed by atoms with Gasteiger partial charge in [-0.25, -0.2) is 4.79 Å². The summed E-state index contributed by atoms with van der Waals surface area (Å²) in [6, 6.07) is 7.94. The number of amides is 2. The number of nitrogens with zero attached hydrogens (tertiary/aromatic N) is 2. The second-order valence-corrected chi connectivity index (χ2v) is 7.77. The lowest BCUT2D eigenvalue weighted by atomic mass is 9.85. The number of allylic oxidation sites excluding steroid dienone is 2. The van der Waals surface area contributed by atoms with Crippen molar-refractivity contribution in [1.29, 1.82) is 5.26 Å². The van der Waals surface area contributed by atoms with Crippen LogP contribution in [0.3, 0.4) is 0 Å². The highest BCUT2D eigenvalue weighted by molar-refractivity contribution is 6.08. The Bertz CT molecular complexity index is 826. The van der Waals surface area contributed by atoms with Crippen LogP contribution in [0.15, 0.2) is 36.4 Å². The maximum absolute atomic E-state index is 12.9. The molecule has 146 valence electrons. The zero-order valence-electron chi connectivity index (χ0n) is 16.1. The van der Waals surface area contributed by atoms with Crippen LogP contribution in [0, 0.1) is 29.1 Å². The van der Waals surface area contributed by atoms with E-state index in [9.17, 15) is 14.4 Å². The molecule has 2 aliphatic rings. The van der Waals surface area contributed by atoms with Crippen molar-refractivity contribution in [3.05, 3.63) is 47.5 Å². The largest absolute Gasteiger partial charge is 0.459 e. The Kier molecular flexibility index (Phi) is 5.93. The third-order valence-electron chi connectivity index (χ3n) is 5.26. The maximum atomic E-state index is 12.9. The van der Waals surface area contributed by atoms with Gasteiger partial charge >= 0.3 is 5.97 Å². The van der Waals surface area contributed by atoms with Crippen LogP contribution >= 0.6 is 0 Å². The lowest BCUT2D eigenvalue weighted by molar-refractivity contribution is -0.160. The van der Waals surface area contributed by atoms with E-state index in [4.69, 9.17) is 10.00 Å². The van der Waals surface area contributed by atoms with Crippen molar-refractivity contribution in [3.8, 4) is 6.07 Å². The fourth-order valence-corrected chi connectivity index (χ4v) is 3.87.